The Balaban J connectivity index is 1.35. The molecule has 0 spiro atoms. The lowest BCUT2D eigenvalue weighted by atomic mass is 10.2. The molecule has 4 heteroatoms. The lowest BCUT2D eigenvalue weighted by molar-refractivity contribution is 0.269. The third kappa shape index (κ3) is 6.05. The van der Waals surface area contributed by atoms with E-state index in [2.05, 4.69) is 23.5 Å². The van der Waals surface area contributed by atoms with E-state index in [0.29, 0.717) is 19.8 Å². The van der Waals surface area contributed by atoms with Crippen LogP contribution in [0, 0.1) is 0 Å². The monoisotopic (exact) mass is 425 g/mol. The van der Waals surface area contributed by atoms with E-state index in [1.165, 1.54) is 0 Å². The molecular weight excluding hydrogens is 398 g/mol. The van der Waals surface area contributed by atoms with Crippen molar-refractivity contribution in [2.24, 2.45) is 0 Å². The van der Waals surface area contributed by atoms with Gasteiger partial charge < -0.3 is 19.5 Å². The fourth-order valence-electron chi connectivity index (χ4n) is 3.25. The van der Waals surface area contributed by atoms with E-state index in [0.717, 1.165) is 39.8 Å². The Morgan fingerprint density at radius 1 is 0.625 bits per heavy atom. The van der Waals surface area contributed by atoms with Crippen LogP contribution in [0.4, 0.5) is 5.69 Å². The van der Waals surface area contributed by atoms with Crippen LogP contribution in [0.1, 0.15) is 18.1 Å². The van der Waals surface area contributed by atoms with E-state index in [1.54, 1.807) is 0 Å². The summed E-state index contributed by atoms with van der Waals surface area (Å²) in [5.74, 6) is 3.14. The number of rotatable bonds is 10. The van der Waals surface area contributed by atoms with Crippen LogP contribution in [0.2, 0.25) is 0 Å². The number of para-hydroxylation sites is 1. The molecule has 0 bridgehead atoms. The van der Waals surface area contributed by atoms with Crippen LogP contribution < -0.4 is 19.5 Å². The number of ether oxygens (including phenoxy) is 3. The summed E-state index contributed by atoms with van der Waals surface area (Å²) in [7, 11) is 0. The topological polar surface area (TPSA) is 39.7 Å². The van der Waals surface area contributed by atoms with Gasteiger partial charge >= 0.3 is 0 Å². The maximum absolute atomic E-state index is 6.00. The quantitative estimate of drug-likeness (QED) is 0.295. The maximum Gasteiger partial charge on any atom is 0.161 e. The zero-order chi connectivity index (χ0) is 22.0. The standard InChI is InChI=1S/C28H27NO3/c1-2-30-28-19-23(13-18-27(28)31-21-22-9-5-3-6-10-22)20-29-24-14-16-26(17-15-24)32-25-11-7-4-8-12-25/h3-19,29H,2,20-21H2,1H3. The van der Waals surface area contributed by atoms with Gasteiger partial charge in [-0.3, -0.25) is 0 Å². The second-order valence-corrected chi connectivity index (χ2v) is 7.28. The molecule has 0 heterocycles. The predicted molar refractivity (Wildman–Crippen MR) is 129 cm³/mol. The van der Waals surface area contributed by atoms with Gasteiger partial charge in [-0.25, -0.2) is 0 Å². The Kier molecular flexibility index (Phi) is 7.27. The number of nitrogens with one attached hydrogen (secondary N) is 1. The first kappa shape index (κ1) is 21.3. The van der Waals surface area contributed by atoms with Gasteiger partial charge in [0.25, 0.3) is 0 Å². The van der Waals surface area contributed by atoms with Gasteiger partial charge in [0.15, 0.2) is 11.5 Å². The Bertz CT molecular complexity index is 1100. The molecule has 0 saturated carbocycles. The zero-order valence-corrected chi connectivity index (χ0v) is 18.2. The average Bonchev–Trinajstić information content (AvgIpc) is 2.84. The van der Waals surface area contributed by atoms with E-state index < -0.39 is 0 Å². The zero-order valence-electron chi connectivity index (χ0n) is 18.2. The summed E-state index contributed by atoms with van der Waals surface area (Å²) in [5.41, 5.74) is 3.26. The van der Waals surface area contributed by atoms with Gasteiger partial charge in [0.1, 0.15) is 18.1 Å². The molecule has 4 aromatic rings. The van der Waals surface area contributed by atoms with Crippen molar-refractivity contribution in [3.8, 4) is 23.0 Å². The van der Waals surface area contributed by atoms with Crippen molar-refractivity contribution >= 4 is 5.69 Å². The average molecular weight is 426 g/mol. The summed E-state index contributed by atoms with van der Waals surface area (Å²) in [5, 5.41) is 3.45. The van der Waals surface area contributed by atoms with E-state index in [9.17, 15) is 0 Å². The van der Waals surface area contributed by atoms with Crippen LogP contribution in [0.3, 0.4) is 0 Å². The molecule has 162 valence electrons. The van der Waals surface area contributed by atoms with Crippen LogP contribution >= 0.6 is 0 Å². The molecule has 0 aliphatic heterocycles. The van der Waals surface area contributed by atoms with Gasteiger partial charge in [-0.15, -0.1) is 0 Å². The second-order valence-electron chi connectivity index (χ2n) is 7.28. The van der Waals surface area contributed by atoms with Crippen LogP contribution in [0.25, 0.3) is 0 Å². The Morgan fingerprint density at radius 3 is 2.03 bits per heavy atom. The summed E-state index contributed by atoms with van der Waals surface area (Å²) in [6.07, 6.45) is 0. The van der Waals surface area contributed by atoms with Gasteiger partial charge in [0.05, 0.1) is 6.61 Å². The molecule has 32 heavy (non-hydrogen) atoms. The molecular formula is C28H27NO3. The van der Waals surface area contributed by atoms with Gasteiger partial charge in [-0.05, 0) is 66.6 Å². The minimum Gasteiger partial charge on any atom is -0.490 e. The van der Waals surface area contributed by atoms with Gasteiger partial charge in [-0.2, -0.15) is 0 Å². The molecule has 0 atom stereocenters. The van der Waals surface area contributed by atoms with Gasteiger partial charge in [0.2, 0.25) is 0 Å². The van der Waals surface area contributed by atoms with E-state index in [4.69, 9.17) is 14.2 Å². The summed E-state index contributed by atoms with van der Waals surface area (Å²) in [6.45, 7) is 3.75. The molecule has 0 amide bonds. The molecule has 0 unspecified atom stereocenters. The highest BCUT2D eigenvalue weighted by atomic mass is 16.5. The van der Waals surface area contributed by atoms with E-state index >= 15 is 0 Å². The van der Waals surface area contributed by atoms with Crippen LogP contribution in [0.15, 0.2) is 103 Å². The predicted octanol–water partition coefficient (Wildman–Crippen LogP) is 7.07. The highest BCUT2D eigenvalue weighted by Crippen LogP contribution is 2.30. The van der Waals surface area contributed by atoms with Crippen molar-refractivity contribution in [1.29, 1.82) is 0 Å². The summed E-state index contributed by atoms with van der Waals surface area (Å²) >= 11 is 0. The van der Waals surface area contributed by atoms with Crippen molar-refractivity contribution in [3.05, 3.63) is 114 Å². The first-order valence-corrected chi connectivity index (χ1v) is 10.8. The molecule has 4 nitrogen and oxygen atoms in total. The maximum atomic E-state index is 6.00. The SMILES string of the molecule is CCOc1cc(CNc2ccc(Oc3ccccc3)cc2)ccc1OCc1ccccc1. The summed E-state index contributed by atoms with van der Waals surface area (Å²) < 4.78 is 17.7. The normalized spacial score (nSPS) is 10.4. The third-order valence-electron chi connectivity index (χ3n) is 4.87. The fraction of sp³-hybridized carbons (Fsp3) is 0.143. The molecule has 1 N–H and O–H groups in total. The molecule has 0 radical (unpaired) electrons. The minimum absolute atomic E-state index is 0.510. The highest BCUT2D eigenvalue weighted by molar-refractivity contribution is 5.49. The highest BCUT2D eigenvalue weighted by Gasteiger charge is 2.07. The largest absolute Gasteiger partial charge is 0.490 e. The van der Waals surface area contributed by atoms with Gasteiger partial charge in [-0.1, -0.05) is 54.6 Å². The Morgan fingerprint density at radius 2 is 1.31 bits per heavy atom. The number of hydrogen-bond acceptors (Lipinski definition) is 4. The van der Waals surface area contributed by atoms with Gasteiger partial charge in [0, 0.05) is 12.2 Å². The molecule has 0 aliphatic rings. The number of hydrogen-bond donors (Lipinski definition) is 1. The molecule has 0 saturated heterocycles. The molecule has 4 aromatic carbocycles. The first-order chi connectivity index (χ1) is 15.8. The minimum atomic E-state index is 0.510. The fourth-order valence-corrected chi connectivity index (χ4v) is 3.25. The second kappa shape index (κ2) is 10.9. The van der Waals surface area contributed by atoms with Crippen molar-refractivity contribution in [3.63, 3.8) is 0 Å². The summed E-state index contributed by atoms with van der Waals surface area (Å²) in [4.78, 5) is 0. The molecule has 0 fully saturated rings. The smallest absolute Gasteiger partial charge is 0.161 e. The molecule has 0 aromatic heterocycles. The lowest BCUT2D eigenvalue weighted by Crippen LogP contribution is -2.03. The number of anilines is 1. The summed E-state index contributed by atoms with van der Waals surface area (Å²) in [6, 6.07) is 33.9. The van der Waals surface area contributed by atoms with Crippen molar-refractivity contribution < 1.29 is 14.2 Å². The third-order valence-corrected chi connectivity index (χ3v) is 4.87. The molecule has 0 aliphatic carbocycles. The Labute approximate surface area is 189 Å². The first-order valence-electron chi connectivity index (χ1n) is 10.8. The van der Waals surface area contributed by atoms with Crippen LogP contribution in [-0.2, 0) is 13.2 Å². The van der Waals surface area contributed by atoms with Crippen LogP contribution in [-0.4, -0.2) is 6.61 Å². The number of benzene rings is 4. The van der Waals surface area contributed by atoms with Crippen LogP contribution in [0.5, 0.6) is 23.0 Å². The lowest BCUT2D eigenvalue weighted by Gasteiger charge is -2.14. The van der Waals surface area contributed by atoms with Crippen molar-refractivity contribution in [2.45, 2.75) is 20.1 Å². The Hall–Kier alpha value is -3.92. The van der Waals surface area contributed by atoms with Crippen molar-refractivity contribution in [2.75, 3.05) is 11.9 Å². The molecule has 4 rings (SSSR count). The van der Waals surface area contributed by atoms with E-state index in [1.807, 2.05) is 91.9 Å². The van der Waals surface area contributed by atoms with E-state index in [-0.39, 0.29) is 0 Å². The van der Waals surface area contributed by atoms with Crippen molar-refractivity contribution in [1.82, 2.24) is 0 Å².